The summed E-state index contributed by atoms with van der Waals surface area (Å²) in [4.78, 5) is 0. The van der Waals surface area contributed by atoms with Gasteiger partial charge in [-0.3, -0.25) is 0 Å². The van der Waals surface area contributed by atoms with Gasteiger partial charge in [0, 0.05) is 10.0 Å². The van der Waals surface area contributed by atoms with Crippen molar-refractivity contribution in [2.24, 2.45) is 0 Å². The Morgan fingerprint density at radius 1 is 1.12 bits per heavy atom. The Balaban J connectivity index is 1.63. The predicted molar refractivity (Wildman–Crippen MR) is 100 cm³/mol. The van der Waals surface area contributed by atoms with Crippen molar-refractivity contribution in [3.63, 3.8) is 0 Å². The van der Waals surface area contributed by atoms with Gasteiger partial charge in [0.2, 0.25) is 0 Å². The Labute approximate surface area is 155 Å². The molecule has 130 valence electrons. The minimum atomic E-state index is -0.777. The number of halogens is 1. The van der Waals surface area contributed by atoms with Crippen molar-refractivity contribution in [3.05, 3.63) is 75.9 Å². The first kappa shape index (κ1) is 17.9. The quantitative estimate of drug-likeness (QED) is 0.582. The highest BCUT2D eigenvalue weighted by Gasteiger charge is 2.22. The summed E-state index contributed by atoms with van der Waals surface area (Å²) in [6.07, 6.45) is 0.0381. The molecule has 1 N–H and O–H groups in total. The van der Waals surface area contributed by atoms with Gasteiger partial charge in [-0.2, -0.15) is 0 Å². The number of hydrogen-bond donors (Lipinski definition) is 1. The molecule has 0 fully saturated rings. The Bertz CT molecular complexity index is 800. The molecule has 1 atom stereocenters. The molecule has 3 rings (SSSR count). The zero-order chi connectivity index (χ0) is 17.6. The lowest BCUT2D eigenvalue weighted by molar-refractivity contribution is 0.0372. The number of aliphatic hydroxyl groups excluding tert-OH is 1. The molecule has 1 heterocycles. The fourth-order valence-electron chi connectivity index (χ4n) is 2.69. The standard InChI is InChI=1S/C20H20BrNO3/c1-14-19(20(25-22-14)16-7-9-17(21)10-8-16)18(23)13-24-12-11-15-5-3-2-4-6-15/h2-10,18,23H,11-13H2,1H3. The molecular formula is C20H20BrNO3. The first-order chi connectivity index (χ1) is 12.1. The van der Waals surface area contributed by atoms with E-state index in [0.717, 1.165) is 16.5 Å². The van der Waals surface area contributed by atoms with Crippen molar-refractivity contribution < 1.29 is 14.4 Å². The molecule has 25 heavy (non-hydrogen) atoms. The van der Waals surface area contributed by atoms with E-state index >= 15 is 0 Å². The van der Waals surface area contributed by atoms with Crippen LogP contribution in [-0.4, -0.2) is 23.5 Å². The predicted octanol–water partition coefficient (Wildman–Crippen LogP) is 4.71. The normalized spacial score (nSPS) is 12.3. The fourth-order valence-corrected chi connectivity index (χ4v) is 2.96. The summed E-state index contributed by atoms with van der Waals surface area (Å²) in [7, 11) is 0. The highest BCUT2D eigenvalue weighted by atomic mass is 79.9. The summed E-state index contributed by atoms with van der Waals surface area (Å²) >= 11 is 3.42. The van der Waals surface area contributed by atoms with Crippen molar-refractivity contribution in [1.82, 2.24) is 5.16 Å². The fraction of sp³-hybridized carbons (Fsp3) is 0.250. The zero-order valence-electron chi connectivity index (χ0n) is 14.0. The van der Waals surface area contributed by atoms with E-state index in [1.54, 1.807) is 0 Å². The Morgan fingerprint density at radius 3 is 2.56 bits per heavy atom. The van der Waals surface area contributed by atoms with Crippen LogP contribution in [0.1, 0.15) is 22.9 Å². The van der Waals surface area contributed by atoms with Crippen LogP contribution < -0.4 is 0 Å². The molecule has 0 bridgehead atoms. The number of aryl methyl sites for hydroxylation is 1. The molecular weight excluding hydrogens is 382 g/mol. The van der Waals surface area contributed by atoms with E-state index in [-0.39, 0.29) is 6.61 Å². The third kappa shape index (κ3) is 4.57. The first-order valence-electron chi connectivity index (χ1n) is 8.17. The second-order valence-electron chi connectivity index (χ2n) is 5.84. The summed E-state index contributed by atoms with van der Waals surface area (Å²) in [5, 5.41) is 14.6. The van der Waals surface area contributed by atoms with Crippen LogP contribution in [0.4, 0.5) is 0 Å². The number of aromatic nitrogens is 1. The van der Waals surface area contributed by atoms with Crippen LogP contribution in [0.3, 0.4) is 0 Å². The number of nitrogens with zero attached hydrogens (tertiary/aromatic N) is 1. The molecule has 0 aliphatic heterocycles. The Hall–Kier alpha value is -1.95. The average Bonchev–Trinajstić information content (AvgIpc) is 3.02. The molecule has 0 amide bonds. The number of hydrogen-bond acceptors (Lipinski definition) is 4. The van der Waals surface area contributed by atoms with Gasteiger partial charge in [0.1, 0.15) is 6.10 Å². The molecule has 0 saturated heterocycles. The SMILES string of the molecule is Cc1noc(-c2ccc(Br)cc2)c1C(O)COCCc1ccccc1. The van der Waals surface area contributed by atoms with Gasteiger partial charge in [-0.25, -0.2) is 0 Å². The molecule has 2 aromatic carbocycles. The minimum Gasteiger partial charge on any atom is -0.386 e. The van der Waals surface area contributed by atoms with Crippen molar-refractivity contribution in [2.45, 2.75) is 19.4 Å². The maximum absolute atomic E-state index is 10.5. The monoisotopic (exact) mass is 401 g/mol. The Kier molecular flexibility index (Phi) is 6.02. The highest BCUT2D eigenvalue weighted by molar-refractivity contribution is 9.10. The van der Waals surface area contributed by atoms with Gasteiger partial charge in [-0.05, 0) is 31.0 Å². The molecule has 0 aliphatic carbocycles. The smallest absolute Gasteiger partial charge is 0.173 e. The minimum absolute atomic E-state index is 0.207. The zero-order valence-corrected chi connectivity index (χ0v) is 15.6. The van der Waals surface area contributed by atoms with Crippen LogP contribution in [0.15, 0.2) is 63.6 Å². The third-order valence-electron chi connectivity index (χ3n) is 4.00. The van der Waals surface area contributed by atoms with Crippen molar-refractivity contribution in [2.75, 3.05) is 13.2 Å². The van der Waals surface area contributed by atoms with Crippen molar-refractivity contribution in [1.29, 1.82) is 0 Å². The van der Waals surface area contributed by atoms with Crippen molar-refractivity contribution >= 4 is 15.9 Å². The van der Waals surface area contributed by atoms with Gasteiger partial charge in [-0.15, -0.1) is 0 Å². The van der Waals surface area contributed by atoms with E-state index in [2.05, 4.69) is 33.2 Å². The second-order valence-corrected chi connectivity index (χ2v) is 6.76. The van der Waals surface area contributed by atoms with E-state index in [1.807, 2.05) is 49.4 Å². The van der Waals surface area contributed by atoms with E-state index in [9.17, 15) is 5.11 Å². The summed E-state index contributed by atoms with van der Waals surface area (Å²) in [5.74, 6) is 0.587. The van der Waals surface area contributed by atoms with Crippen LogP contribution in [-0.2, 0) is 11.2 Å². The van der Waals surface area contributed by atoms with Crippen LogP contribution in [0.5, 0.6) is 0 Å². The second kappa shape index (κ2) is 8.43. The average molecular weight is 402 g/mol. The summed E-state index contributed by atoms with van der Waals surface area (Å²) in [6.45, 7) is 2.59. The van der Waals surface area contributed by atoms with Gasteiger partial charge in [0.15, 0.2) is 5.76 Å². The van der Waals surface area contributed by atoms with Gasteiger partial charge in [0.25, 0.3) is 0 Å². The molecule has 5 heteroatoms. The lowest BCUT2D eigenvalue weighted by Crippen LogP contribution is -2.10. The van der Waals surface area contributed by atoms with Gasteiger partial charge >= 0.3 is 0 Å². The van der Waals surface area contributed by atoms with E-state index in [4.69, 9.17) is 9.26 Å². The molecule has 0 spiro atoms. The largest absolute Gasteiger partial charge is 0.386 e. The van der Waals surface area contributed by atoms with E-state index < -0.39 is 6.10 Å². The van der Waals surface area contributed by atoms with E-state index in [1.165, 1.54) is 5.56 Å². The molecule has 0 aliphatic rings. The topological polar surface area (TPSA) is 55.5 Å². The maximum Gasteiger partial charge on any atom is 0.173 e. The number of benzene rings is 2. The molecule has 1 unspecified atom stereocenters. The van der Waals surface area contributed by atoms with Gasteiger partial charge in [0.05, 0.1) is 24.5 Å². The van der Waals surface area contributed by atoms with Crippen LogP contribution >= 0.6 is 15.9 Å². The number of ether oxygens (including phenoxy) is 1. The summed E-state index contributed by atoms with van der Waals surface area (Å²) < 4.78 is 12.1. The van der Waals surface area contributed by atoms with Crippen LogP contribution in [0.2, 0.25) is 0 Å². The first-order valence-corrected chi connectivity index (χ1v) is 8.96. The third-order valence-corrected chi connectivity index (χ3v) is 4.53. The van der Waals surface area contributed by atoms with E-state index in [0.29, 0.717) is 23.6 Å². The highest BCUT2D eigenvalue weighted by Crippen LogP contribution is 2.31. The maximum atomic E-state index is 10.5. The van der Waals surface area contributed by atoms with Crippen LogP contribution in [0.25, 0.3) is 11.3 Å². The van der Waals surface area contributed by atoms with Crippen molar-refractivity contribution in [3.8, 4) is 11.3 Å². The van der Waals surface area contributed by atoms with Crippen LogP contribution in [0, 0.1) is 6.92 Å². The Morgan fingerprint density at radius 2 is 1.84 bits per heavy atom. The molecule has 3 aromatic rings. The molecule has 4 nitrogen and oxygen atoms in total. The van der Waals surface area contributed by atoms with Gasteiger partial charge < -0.3 is 14.4 Å². The van der Waals surface area contributed by atoms with Gasteiger partial charge in [-0.1, -0.05) is 63.6 Å². The summed E-state index contributed by atoms with van der Waals surface area (Å²) in [6, 6.07) is 17.9. The lowest BCUT2D eigenvalue weighted by Gasteiger charge is -2.12. The molecule has 0 radical (unpaired) electrons. The molecule has 1 aromatic heterocycles. The number of aliphatic hydroxyl groups is 1. The lowest BCUT2D eigenvalue weighted by atomic mass is 10.0. The summed E-state index contributed by atoms with van der Waals surface area (Å²) in [5.41, 5.74) is 3.45. The molecule has 0 saturated carbocycles. The number of rotatable bonds is 7.